The van der Waals surface area contributed by atoms with Crippen molar-refractivity contribution in [1.29, 1.82) is 0 Å². The molecule has 1 atom stereocenters. The first-order valence-electron chi connectivity index (χ1n) is 14.8. The highest BCUT2D eigenvalue weighted by Gasteiger charge is 2.24. The van der Waals surface area contributed by atoms with Crippen LogP contribution in [0.15, 0.2) is 149 Å². The van der Waals surface area contributed by atoms with Gasteiger partial charge >= 0.3 is 5.97 Å². The molecule has 3 amide bonds. The smallest absolute Gasteiger partial charge is 0.339 e. The zero-order valence-electron chi connectivity index (χ0n) is 25.7. The fourth-order valence-electron chi connectivity index (χ4n) is 4.60. The maximum atomic E-state index is 13.6. The Labute approximate surface area is 290 Å². The second-order valence-electron chi connectivity index (χ2n) is 10.3. The molecule has 48 heavy (non-hydrogen) atoms. The van der Waals surface area contributed by atoms with Gasteiger partial charge in [-0.15, -0.1) is 11.8 Å². The molecule has 10 heteroatoms. The summed E-state index contributed by atoms with van der Waals surface area (Å²) in [4.78, 5) is 53.1. The van der Waals surface area contributed by atoms with E-state index >= 15 is 0 Å². The van der Waals surface area contributed by atoms with E-state index in [1.54, 1.807) is 78.9 Å². The molecule has 0 saturated carbocycles. The van der Waals surface area contributed by atoms with Gasteiger partial charge < -0.3 is 20.7 Å². The molecule has 0 spiro atoms. The minimum absolute atomic E-state index is 0.0673. The molecule has 3 N–H and O–H groups in total. The number of anilines is 2. The summed E-state index contributed by atoms with van der Waals surface area (Å²) in [5.74, 6) is -1.80. The highest BCUT2D eigenvalue weighted by molar-refractivity contribution is 9.10. The van der Waals surface area contributed by atoms with Crippen molar-refractivity contribution in [1.82, 2.24) is 5.32 Å². The molecular weight excluding hydrogens is 690 g/mol. The summed E-state index contributed by atoms with van der Waals surface area (Å²) in [6.07, 6.45) is 1.61. The Morgan fingerprint density at radius 1 is 0.729 bits per heavy atom. The lowest BCUT2D eigenvalue weighted by atomic mass is 10.1. The van der Waals surface area contributed by atoms with E-state index < -0.39 is 23.0 Å². The summed E-state index contributed by atoms with van der Waals surface area (Å²) >= 11 is 4.73. The molecule has 0 aliphatic carbocycles. The molecule has 5 aromatic carbocycles. The third-order valence-corrected chi connectivity index (χ3v) is 8.80. The first-order chi connectivity index (χ1) is 23.3. The van der Waals surface area contributed by atoms with E-state index in [-0.39, 0.29) is 17.2 Å². The van der Waals surface area contributed by atoms with Gasteiger partial charge in [-0.05, 0) is 77.9 Å². The molecule has 0 aromatic heterocycles. The number of hydrogen-bond donors (Lipinski definition) is 3. The van der Waals surface area contributed by atoms with Gasteiger partial charge in [-0.1, -0.05) is 88.7 Å². The van der Waals surface area contributed by atoms with Crippen LogP contribution in [0.4, 0.5) is 11.4 Å². The van der Waals surface area contributed by atoms with Crippen molar-refractivity contribution in [2.24, 2.45) is 0 Å². The van der Waals surface area contributed by atoms with Crippen LogP contribution in [0.1, 0.15) is 37.1 Å². The SMILES string of the molecule is COC(=O)c1ccccc1NC(=O)C(Sc1ccc(NC(=O)/C(=C/c2ccc(Br)cc2)NC(=O)c2ccccc2)cc1)c1ccccc1. The molecule has 0 bridgehead atoms. The zero-order chi connectivity index (χ0) is 33.9. The van der Waals surface area contributed by atoms with Crippen LogP contribution in [0, 0.1) is 0 Å². The summed E-state index contributed by atoms with van der Waals surface area (Å²) in [5.41, 5.74) is 3.07. The van der Waals surface area contributed by atoms with Crippen LogP contribution in [0.3, 0.4) is 0 Å². The molecular formula is C38H30BrN3O5S. The summed E-state index contributed by atoms with van der Waals surface area (Å²) in [6, 6.07) is 39.0. The van der Waals surface area contributed by atoms with Crippen LogP contribution in [0.2, 0.25) is 0 Å². The van der Waals surface area contributed by atoms with Crippen LogP contribution in [0.25, 0.3) is 6.08 Å². The van der Waals surface area contributed by atoms with Gasteiger partial charge in [0.1, 0.15) is 10.9 Å². The van der Waals surface area contributed by atoms with E-state index in [2.05, 4.69) is 31.9 Å². The average molecular weight is 721 g/mol. The second kappa shape index (κ2) is 16.4. The van der Waals surface area contributed by atoms with Crippen molar-refractivity contribution in [2.45, 2.75) is 10.1 Å². The second-order valence-corrected chi connectivity index (χ2v) is 12.4. The van der Waals surface area contributed by atoms with Crippen molar-refractivity contribution in [3.05, 3.63) is 166 Å². The lowest BCUT2D eigenvalue weighted by Crippen LogP contribution is -2.30. The third-order valence-electron chi connectivity index (χ3n) is 7.01. The molecule has 0 heterocycles. The van der Waals surface area contributed by atoms with Gasteiger partial charge in [-0.3, -0.25) is 14.4 Å². The molecule has 0 radical (unpaired) electrons. The van der Waals surface area contributed by atoms with Gasteiger partial charge in [0.05, 0.1) is 18.4 Å². The first-order valence-corrected chi connectivity index (χ1v) is 16.4. The minimum Gasteiger partial charge on any atom is -0.465 e. The summed E-state index contributed by atoms with van der Waals surface area (Å²) < 4.78 is 5.76. The predicted octanol–water partition coefficient (Wildman–Crippen LogP) is 8.12. The summed E-state index contributed by atoms with van der Waals surface area (Å²) in [5, 5.41) is 7.82. The number of thioether (sulfide) groups is 1. The largest absolute Gasteiger partial charge is 0.465 e. The molecule has 0 saturated heterocycles. The molecule has 0 aliphatic rings. The Bertz CT molecular complexity index is 1930. The van der Waals surface area contributed by atoms with E-state index in [1.807, 2.05) is 60.7 Å². The topological polar surface area (TPSA) is 114 Å². The Balaban J connectivity index is 1.33. The van der Waals surface area contributed by atoms with E-state index in [0.29, 0.717) is 16.9 Å². The highest BCUT2D eigenvalue weighted by atomic mass is 79.9. The Kier molecular flexibility index (Phi) is 11.6. The van der Waals surface area contributed by atoms with Crippen LogP contribution in [0.5, 0.6) is 0 Å². The zero-order valence-corrected chi connectivity index (χ0v) is 28.1. The fraction of sp³-hybridized carbons (Fsp3) is 0.0526. The van der Waals surface area contributed by atoms with Gasteiger partial charge in [-0.2, -0.15) is 0 Å². The molecule has 5 aromatic rings. The lowest BCUT2D eigenvalue weighted by molar-refractivity contribution is -0.116. The maximum Gasteiger partial charge on any atom is 0.339 e. The first kappa shape index (κ1) is 33.9. The standard InChI is InChI=1S/C38H30BrN3O5S/c1-47-38(46)31-14-8-9-15-32(31)41-37(45)34(26-10-4-2-5-11-26)48-30-22-20-29(21-23-30)40-36(44)33(24-25-16-18-28(39)19-17-25)42-35(43)27-12-6-3-7-13-27/h2-24,34H,1H3,(H,40,44)(H,41,45)(H,42,43)/b33-24-. The number of nitrogens with one attached hydrogen (secondary N) is 3. The molecule has 1 unspecified atom stereocenters. The van der Waals surface area contributed by atoms with Crippen molar-refractivity contribution in [2.75, 3.05) is 17.7 Å². The number of methoxy groups -OCH3 is 1. The van der Waals surface area contributed by atoms with Crippen molar-refractivity contribution in [3.8, 4) is 0 Å². The molecule has 0 fully saturated rings. The summed E-state index contributed by atoms with van der Waals surface area (Å²) in [7, 11) is 1.29. The fourth-order valence-corrected chi connectivity index (χ4v) is 5.89. The predicted molar refractivity (Wildman–Crippen MR) is 193 cm³/mol. The number of hydrogen-bond acceptors (Lipinski definition) is 6. The van der Waals surface area contributed by atoms with Crippen LogP contribution >= 0.6 is 27.7 Å². The third kappa shape index (κ3) is 9.09. The Morgan fingerprint density at radius 3 is 2.02 bits per heavy atom. The van der Waals surface area contributed by atoms with E-state index in [1.165, 1.54) is 18.9 Å². The number of halogens is 1. The number of ether oxygens (including phenoxy) is 1. The highest BCUT2D eigenvalue weighted by Crippen LogP contribution is 2.37. The molecule has 8 nitrogen and oxygen atoms in total. The Morgan fingerprint density at radius 2 is 1.35 bits per heavy atom. The number of carbonyl (C=O) groups is 4. The van der Waals surface area contributed by atoms with E-state index in [4.69, 9.17) is 4.74 Å². The maximum absolute atomic E-state index is 13.6. The van der Waals surface area contributed by atoms with Gasteiger partial charge in [0.25, 0.3) is 11.8 Å². The number of esters is 1. The molecule has 5 rings (SSSR count). The number of amides is 3. The lowest BCUT2D eigenvalue weighted by Gasteiger charge is -2.18. The quantitative estimate of drug-likeness (QED) is 0.0722. The van der Waals surface area contributed by atoms with Gasteiger partial charge in [-0.25, -0.2) is 4.79 Å². The van der Waals surface area contributed by atoms with Crippen molar-refractivity contribution in [3.63, 3.8) is 0 Å². The van der Waals surface area contributed by atoms with Crippen LogP contribution in [-0.2, 0) is 14.3 Å². The normalized spacial score (nSPS) is 11.6. The van der Waals surface area contributed by atoms with Gasteiger partial charge in [0.15, 0.2) is 0 Å². The number of benzene rings is 5. The van der Waals surface area contributed by atoms with Crippen LogP contribution in [-0.4, -0.2) is 30.8 Å². The van der Waals surface area contributed by atoms with Crippen molar-refractivity contribution >= 4 is 68.8 Å². The van der Waals surface area contributed by atoms with Crippen molar-refractivity contribution < 1.29 is 23.9 Å². The van der Waals surface area contributed by atoms with E-state index in [9.17, 15) is 19.2 Å². The molecule has 0 aliphatic heterocycles. The molecule has 240 valence electrons. The number of rotatable bonds is 11. The van der Waals surface area contributed by atoms with E-state index in [0.717, 1.165) is 20.5 Å². The summed E-state index contributed by atoms with van der Waals surface area (Å²) in [6.45, 7) is 0. The van der Waals surface area contributed by atoms with Crippen LogP contribution < -0.4 is 16.0 Å². The average Bonchev–Trinajstić information content (AvgIpc) is 3.12. The Hall–Kier alpha value is -5.45. The van der Waals surface area contributed by atoms with Gasteiger partial charge in [0, 0.05) is 20.6 Å². The number of carbonyl (C=O) groups excluding carboxylic acids is 4. The minimum atomic E-state index is -0.661. The number of para-hydroxylation sites is 1. The monoisotopic (exact) mass is 719 g/mol. The van der Waals surface area contributed by atoms with Gasteiger partial charge in [0.2, 0.25) is 5.91 Å².